The van der Waals surface area contributed by atoms with Gasteiger partial charge in [0, 0.05) is 165 Å². The lowest BCUT2D eigenvalue weighted by atomic mass is 9.85. The van der Waals surface area contributed by atoms with Crippen molar-refractivity contribution in [1.29, 1.82) is 0 Å². The second kappa shape index (κ2) is 47.1. The molecule has 0 saturated carbocycles. The zero-order valence-corrected chi connectivity index (χ0v) is 73.9. The van der Waals surface area contributed by atoms with E-state index in [1.54, 1.807) is 72.8 Å². The highest BCUT2D eigenvalue weighted by atomic mass is 35.5. The lowest BCUT2D eigenvalue weighted by Crippen LogP contribution is -2.32. The average molecular weight is 1860 g/mol. The van der Waals surface area contributed by atoms with Gasteiger partial charge >= 0.3 is 11.9 Å². The first-order valence-electron chi connectivity index (χ1n) is 39.0. The molecule has 658 valence electrons. The van der Waals surface area contributed by atoms with Crippen molar-refractivity contribution >= 4 is 147 Å². The molecule has 40 heteroatoms. The monoisotopic (exact) mass is 1850 g/mol. The van der Waals surface area contributed by atoms with E-state index in [1.165, 1.54) is 0 Å². The van der Waals surface area contributed by atoms with Gasteiger partial charge in [0.15, 0.2) is 9.84 Å². The molecule has 5 aliphatic heterocycles. The predicted octanol–water partition coefficient (Wildman–Crippen LogP) is 8.48. The van der Waals surface area contributed by atoms with E-state index in [-0.39, 0.29) is 176 Å². The van der Waals surface area contributed by atoms with Gasteiger partial charge in [-0.05, 0) is 150 Å². The summed E-state index contributed by atoms with van der Waals surface area (Å²) in [7, 11) is -5.02. The maximum Gasteiger partial charge on any atom is 0.335 e. The normalized spacial score (nSPS) is 17.0. The number of sulfone groups is 1. The number of carbonyl (C=O) groups is 8. The number of likely N-dealkylation sites (N-methyl/N-ethyl adjacent to an activating group) is 3. The van der Waals surface area contributed by atoms with E-state index < -0.39 is 65.5 Å². The Morgan fingerprint density at radius 3 is 1.10 bits per heavy atom. The van der Waals surface area contributed by atoms with Crippen LogP contribution in [0.1, 0.15) is 126 Å². The number of ether oxygens (including phenoxy) is 5. The van der Waals surface area contributed by atoms with Crippen LogP contribution in [0.5, 0.6) is 0 Å². The second-order valence-corrected chi connectivity index (χ2v) is 37.1. The first-order valence-corrected chi connectivity index (χ1v) is 45.9. The number of nitrogens with one attached hydrogen (secondary N) is 4. The van der Waals surface area contributed by atoms with Gasteiger partial charge in [-0.3, -0.25) is 28.8 Å². The quantitative estimate of drug-likeness (QED) is 0.0178. The van der Waals surface area contributed by atoms with E-state index >= 15 is 0 Å². The van der Waals surface area contributed by atoms with Crippen LogP contribution in [0.4, 0.5) is 0 Å². The van der Waals surface area contributed by atoms with Crippen LogP contribution in [-0.4, -0.2) is 243 Å². The van der Waals surface area contributed by atoms with Crippen molar-refractivity contribution in [2.45, 2.75) is 110 Å². The van der Waals surface area contributed by atoms with Crippen molar-refractivity contribution in [3.8, 4) is 0 Å². The zero-order chi connectivity index (χ0) is 87.6. The van der Waals surface area contributed by atoms with Crippen LogP contribution in [0.15, 0.2) is 124 Å². The molecule has 3 unspecified atom stereocenters. The number of hydrogen-bond donors (Lipinski definition) is 5. The lowest BCUT2D eigenvalue weighted by Gasteiger charge is -2.33. The highest BCUT2D eigenvalue weighted by Gasteiger charge is 2.36. The fourth-order valence-corrected chi connectivity index (χ4v) is 19.0. The summed E-state index contributed by atoms with van der Waals surface area (Å²) in [6, 6.07) is 31.8. The number of benzene rings is 6. The van der Waals surface area contributed by atoms with Crippen molar-refractivity contribution in [3.05, 3.63) is 189 Å². The molecule has 121 heavy (non-hydrogen) atoms. The lowest BCUT2D eigenvalue weighted by molar-refractivity contribution is -0.199. The van der Waals surface area contributed by atoms with Crippen molar-refractivity contribution in [3.63, 3.8) is 0 Å². The topological polar surface area (TPSA) is 394 Å². The van der Waals surface area contributed by atoms with Gasteiger partial charge in [0.25, 0.3) is 23.6 Å². The predicted molar refractivity (Wildman–Crippen MR) is 452 cm³/mol. The first-order chi connectivity index (χ1) is 57.7. The molecule has 31 nitrogen and oxygen atoms in total. The minimum Gasteiger partial charge on any atom is -0.380 e. The molecule has 3 atom stereocenters. The summed E-state index contributed by atoms with van der Waals surface area (Å²) in [5, 5.41) is 9.76. The second-order valence-electron chi connectivity index (χ2n) is 28.9. The molecule has 0 bridgehead atoms. The number of hydroxylamine groups is 4. The van der Waals surface area contributed by atoms with Crippen LogP contribution >= 0.6 is 69.6 Å². The van der Waals surface area contributed by atoms with E-state index in [1.807, 2.05) is 57.5 Å². The molecule has 5 heterocycles. The number of fused-ring (bicyclic) bond motifs is 3. The largest absolute Gasteiger partial charge is 0.380 e. The number of sulfonamides is 2. The maximum atomic E-state index is 13.1. The molecule has 11 rings (SSSR count). The standard InChI is InChI=1S/C46H56Cl4N6O9S2.C21H26Cl2N2O3S.C14H16N2O9/c1-55-27-39(37-23-33(47)25-43(49)41(37)29-55)31-5-3-7-35(21-31)66(59,60)53-13-19-64-17-11-51-45(57)9-15-63-16-10-46(58)52-12-18-65-20-14-54-67(61,62)36-8-4-6-32(22-36)40-28-56(2)30-42-38(40)24-34(48)26-44(42)50;1-25-13-19(18-11-16(22)12-21(23)20(18)14-25)15-4-2-5-17(10-15)29(26,27)9-3-7-28-8-6-24;17-9-1-2-10(18)15(9)24-13(21)5-7-23-8-6-14(22)25-16-11(19)3-4-12(16)20/h3-8,21-26,39-40,53-54H,9-20,27-30H2,1-2H3,(H,51,57)(H,52,58);2,4-5,10-12,19H,3,6-9,13-14,24H2,1H3;1-8H2. The molecule has 2 fully saturated rings. The summed E-state index contributed by atoms with van der Waals surface area (Å²) < 4.78 is 110. The number of rotatable bonds is 40. The van der Waals surface area contributed by atoms with Crippen molar-refractivity contribution in [2.24, 2.45) is 5.73 Å². The molecular weight excluding hydrogens is 1760 g/mol. The molecule has 0 aromatic heterocycles. The third-order valence-electron chi connectivity index (χ3n) is 19.7. The molecule has 2 saturated heterocycles. The minimum atomic E-state index is -3.82. The molecule has 0 spiro atoms. The van der Waals surface area contributed by atoms with Gasteiger partial charge in [-0.25, -0.2) is 44.3 Å². The Labute approximate surface area is 733 Å². The van der Waals surface area contributed by atoms with Crippen LogP contribution in [0, 0.1) is 0 Å². The Balaban J connectivity index is 0.000000250. The zero-order valence-electron chi connectivity index (χ0n) is 66.9. The third-order valence-corrected chi connectivity index (χ3v) is 26.0. The highest BCUT2D eigenvalue weighted by molar-refractivity contribution is 7.91. The van der Waals surface area contributed by atoms with Crippen molar-refractivity contribution < 1.29 is 97.0 Å². The number of imide groups is 2. The van der Waals surface area contributed by atoms with Crippen LogP contribution < -0.4 is 25.8 Å². The third kappa shape index (κ3) is 29.4. The van der Waals surface area contributed by atoms with Gasteiger partial charge in [-0.15, -0.1) is 10.1 Å². The van der Waals surface area contributed by atoms with Gasteiger partial charge in [-0.2, -0.15) is 0 Å². The van der Waals surface area contributed by atoms with E-state index in [0.717, 1.165) is 63.2 Å². The van der Waals surface area contributed by atoms with E-state index in [9.17, 15) is 63.6 Å². The SMILES string of the molecule is CN1Cc2c(Cl)cc(Cl)cc2C(c2cccc(S(=O)(=O)CCCOCCN)c2)C1.CN1Cc2c(Cl)cc(Cl)cc2C(c2cccc(S(=O)(=O)NCCOCCNC(=O)CCOCCC(=O)NCCOCCNS(=O)(=O)c3cccc(C4CN(C)Cc5c(Cl)cc(Cl)cc54)c3)c2)C1.O=C(CCOCCC(=O)ON1C(=O)CCC1=O)ON1C(=O)CCC1=O. The van der Waals surface area contributed by atoms with Crippen molar-refractivity contribution in [2.75, 3.05) is 145 Å². The minimum absolute atomic E-state index is 0.00277. The molecule has 0 radical (unpaired) electrons. The van der Waals surface area contributed by atoms with Gasteiger partial charge in [-0.1, -0.05) is 106 Å². The van der Waals surface area contributed by atoms with E-state index in [4.69, 9.17) is 99.0 Å². The van der Waals surface area contributed by atoms with E-state index in [2.05, 4.69) is 44.5 Å². The summed E-state index contributed by atoms with van der Waals surface area (Å²) in [5.41, 5.74) is 14.0. The Bertz CT molecular complexity index is 4780. The molecule has 6 N–H and O–H groups in total. The molecule has 0 aliphatic carbocycles. The summed E-state index contributed by atoms with van der Waals surface area (Å²) in [6.07, 6.45) is 0.184. The number of amides is 6. The number of halogens is 6. The molecule has 6 amide bonds. The molecule has 6 aromatic carbocycles. The van der Waals surface area contributed by atoms with Gasteiger partial charge in [0.05, 0.1) is 92.7 Å². The fourth-order valence-electron chi connectivity index (χ4n) is 13.8. The number of nitrogens with two attached hydrogens (primary N) is 1. The fraction of sp³-hybridized carbons (Fsp3) is 0.457. The number of carbonyl (C=O) groups excluding carboxylic acids is 8. The van der Waals surface area contributed by atoms with Crippen LogP contribution in [0.2, 0.25) is 30.1 Å². The Kier molecular flexibility index (Phi) is 37.9. The number of hydrogen-bond acceptors (Lipinski definition) is 25. The molecule has 6 aromatic rings. The summed E-state index contributed by atoms with van der Waals surface area (Å²) in [6.45, 7) is 6.58. The van der Waals surface area contributed by atoms with Crippen LogP contribution in [-0.2, 0) is 121 Å². The summed E-state index contributed by atoms with van der Waals surface area (Å²) in [4.78, 5) is 109. The average Bonchev–Trinajstić information content (AvgIpc) is 1.62. The maximum absolute atomic E-state index is 13.1. The Hall–Kier alpha value is -7.37. The molecular formula is C81H98Cl6N10O21S3. The van der Waals surface area contributed by atoms with Gasteiger partial charge < -0.3 is 64.4 Å². The van der Waals surface area contributed by atoms with Gasteiger partial charge in [0.1, 0.15) is 0 Å². The highest BCUT2D eigenvalue weighted by Crippen LogP contribution is 2.42. The summed E-state index contributed by atoms with van der Waals surface area (Å²) in [5.74, 6) is -4.63. The Morgan fingerprint density at radius 2 is 0.736 bits per heavy atom. The first kappa shape index (κ1) is 97.4. The number of nitrogens with zero attached hydrogens (tertiary/aromatic N) is 5. The van der Waals surface area contributed by atoms with Crippen LogP contribution in [0.25, 0.3) is 0 Å². The summed E-state index contributed by atoms with van der Waals surface area (Å²) >= 11 is 38.4. The van der Waals surface area contributed by atoms with E-state index in [0.29, 0.717) is 97.5 Å². The molecule has 5 aliphatic rings. The van der Waals surface area contributed by atoms with Crippen LogP contribution in [0.3, 0.4) is 0 Å². The Morgan fingerprint density at radius 1 is 0.413 bits per heavy atom. The van der Waals surface area contributed by atoms with Crippen molar-refractivity contribution in [1.82, 2.24) is 44.9 Å². The van der Waals surface area contributed by atoms with Gasteiger partial charge in [0.2, 0.25) is 31.9 Å². The smallest absolute Gasteiger partial charge is 0.335 e.